The second kappa shape index (κ2) is 5.75. The van der Waals surface area contributed by atoms with E-state index in [0.717, 1.165) is 11.8 Å². The fourth-order valence-electron chi connectivity index (χ4n) is 1.58. The first-order chi connectivity index (χ1) is 8.25. The van der Waals surface area contributed by atoms with E-state index in [4.69, 9.17) is 5.11 Å². The monoisotopic (exact) mass is 288 g/mol. The lowest BCUT2D eigenvalue weighted by Gasteiger charge is -2.10. The van der Waals surface area contributed by atoms with Gasteiger partial charge in [0.15, 0.2) is 9.84 Å². The molecule has 6 heteroatoms. The van der Waals surface area contributed by atoms with Gasteiger partial charge in [0.1, 0.15) is 0 Å². The minimum atomic E-state index is -3.29. The van der Waals surface area contributed by atoms with E-state index in [1.807, 2.05) is 6.26 Å². The number of aliphatic carboxylic acids is 1. The summed E-state index contributed by atoms with van der Waals surface area (Å²) in [5.41, 5.74) is 0.725. The van der Waals surface area contributed by atoms with Gasteiger partial charge >= 0.3 is 5.97 Å². The third kappa shape index (κ3) is 3.74. The zero-order chi connectivity index (χ0) is 13.9. The summed E-state index contributed by atoms with van der Waals surface area (Å²) in [6, 6.07) is 5.07. The summed E-state index contributed by atoms with van der Waals surface area (Å²) in [7, 11) is -3.29. The quantitative estimate of drug-likeness (QED) is 0.840. The molecular formula is C12H16O4S2. The van der Waals surface area contributed by atoms with Crippen molar-refractivity contribution in [2.24, 2.45) is 5.92 Å². The molecule has 1 atom stereocenters. The largest absolute Gasteiger partial charge is 0.481 e. The number of rotatable bonds is 5. The number of benzene rings is 1. The Bertz CT molecular complexity index is 549. The molecule has 100 valence electrons. The van der Waals surface area contributed by atoms with Gasteiger partial charge in [0.05, 0.1) is 10.8 Å². The average molecular weight is 288 g/mol. The van der Waals surface area contributed by atoms with Crippen molar-refractivity contribution >= 4 is 27.6 Å². The highest BCUT2D eigenvalue weighted by atomic mass is 32.2. The lowest BCUT2D eigenvalue weighted by molar-refractivity contribution is -0.141. The molecule has 0 fully saturated rings. The maximum absolute atomic E-state index is 11.7. The van der Waals surface area contributed by atoms with E-state index >= 15 is 0 Å². The predicted molar refractivity (Wildman–Crippen MR) is 71.8 cm³/mol. The standard InChI is InChI=1S/C12H16O4S2/c1-8(12(13)14)6-9-4-5-10(17-2)11(7-9)18(3,15)16/h4-5,7-8H,6H2,1-3H3,(H,13,14). The van der Waals surface area contributed by atoms with Gasteiger partial charge < -0.3 is 5.11 Å². The number of hydrogen-bond acceptors (Lipinski definition) is 4. The summed E-state index contributed by atoms with van der Waals surface area (Å²) in [5.74, 6) is -1.41. The topological polar surface area (TPSA) is 71.4 Å². The highest BCUT2D eigenvalue weighted by Gasteiger charge is 2.16. The zero-order valence-electron chi connectivity index (χ0n) is 10.5. The molecule has 0 radical (unpaired) electrons. The highest BCUT2D eigenvalue weighted by Crippen LogP contribution is 2.26. The molecule has 0 saturated heterocycles. The van der Waals surface area contributed by atoms with E-state index in [1.54, 1.807) is 25.1 Å². The molecule has 0 aliphatic rings. The van der Waals surface area contributed by atoms with Crippen LogP contribution in [0.1, 0.15) is 12.5 Å². The lowest BCUT2D eigenvalue weighted by atomic mass is 10.0. The van der Waals surface area contributed by atoms with Crippen molar-refractivity contribution < 1.29 is 18.3 Å². The van der Waals surface area contributed by atoms with Gasteiger partial charge in [0.25, 0.3) is 0 Å². The normalized spacial score (nSPS) is 13.3. The number of carboxylic acids is 1. The van der Waals surface area contributed by atoms with Crippen molar-refractivity contribution in [3.05, 3.63) is 23.8 Å². The number of thioether (sulfide) groups is 1. The molecule has 0 amide bonds. The molecule has 0 aromatic heterocycles. The SMILES string of the molecule is CSc1ccc(CC(C)C(=O)O)cc1S(C)(=O)=O. The van der Waals surface area contributed by atoms with Crippen molar-refractivity contribution in [1.29, 1.82) is 0 Å². The van der Waals surface area contributed by atoms with Gasteiger partial charge in [-0.15, -0.1) is 11.8 Å². The summed E-state index contributed by atoms with van der Waals surface area (Å²) < 4.78 is 23.3. The van der Waals surface area contributed by atoms with E-state index in [-0.39, 0.29) is 4.90 Å². The number of hydrogen-bond donors (Lipinski definition) is 1. The van der Waals surface area contributed by atoms with Crippen LogP contribution in [-0.2, 0) is 21.1 Å². The molecule has 1 N–H and O–H groups in total. The number of carbonyl (C=O) groups is 1. The van der Waals surface area contributed by atoms with Gasteiger partial charge in [-0.2, -0.15) is 0 Å². The molecule has 1 aromatic rings. The molecular weight excluding hydrogens is 272 g/mol. The molecule has 0 heterocycles. The Morgan fingerprint density at radius 2 is 2.06 bits per heavy atom. The van der Waals surface area contributed by atoms with Crippen LogP contribution in [0.2, 0.25) is 0 Å². The van der Waals surface area contributed by atoms with E-state index in [9.17, 15) is 13.2 Å². The zero-order valence-corrected chi connectivity index (χ0v) is 12.1. The van der Waals surface area contributed by atoms with E-state index < -0.39 is 21.7 Å². The molecule has 4 nitrogen and oxygen atoms in total. The molecule has 0 bridgehead atoms. The number of carboxylic acid groups (broad SMARTS) is 1. The van der Waals surface area contributed by atoms with Crippen LogP contribution in [0.5, 0.6) is 0 Å². The molecule has 18 heavy (non-hydrogen) atoms. The van der Waals surface area contributed by atoms with Crippen LogP contribution in [0.15, 0.2) is 28.0 Å². The summed E-state index contributed by atoms with van der Waals surface area (Å²) in [4.78, 5) is 11.7. The number of sulfone groups is 1. The summed E-state index contributed by atoms with van der Waals surface area (Å²) in [6.45, 7) is 1.60. The van der Waals surface area contributed by atoms with Crippen LogP contribution < -0.4 is 0 Å². The fraction of sp³-hybridized carbons (Fsp3) is 0.417. The Labute approximate surface area is 111 Å². The van der Waals surface area contributed by atoms with Crippen molar-refractivity contribution in [2.75, 3.05) is 12.5 Å². The van der Waals surface area contributed by atoms with Crippen LogP contribution in [0, 0.1) is 5.92 Å². The van der Waals surface area contributed by atoms with Crippen LogP contribution >= 0.6 is 11.8 Å². The summed E-state index contributed by atoms with van der Waals surface area (Å²) in [6.07, 6.45) is 3.29. The van der Waals surface area contributed by atoms with Crippen molar-refractivity contribution in [3.8, 4) is 0 Å². The molecule has 1 aromatic carbocycles. The maximum Gasteiger partial charge on any atom is 0.306 e. The Kier molecular flexibility index (Phi) is 4.81. The second-order valence-electron chi connectivity index (χ2n) is 4.20. The minimum Gasteiger partial charge on any atom is -0.481 e. The van der Waals surface area contributed by atoms with Gasteiger partial charge in [0, 0.05) is 11.2 Å². The first-order valence-electron chi connectivity index (χ1n) is 5.35. The summed E-state index contributed by atoms with van der Waals surface area (Å²) >= 11 is 1.36. The van der Waals surface area contributed by atoms with Crippen molar-refractivity contribution in [1.82, 2.24) is 0 Å². The van der Waals surface area contributed by atoms with Gasteiger partial charge in [0.2, 0.25) is 0 Å². The summed E-state index contributed by atoms with van der Waals surface area (Å²) in [5, 5.41) is 8.85. The average Bonchev–Trinajstić information content (AvgIpc) is 2.27. The molecule has 1 rings (SSSR count). The minimum absolute atomic E-state index is 0.269. The van der Waals surface area contributed by atoms with Crippen LogP contribution in [0.3, 0.4) is 0 Å². The molecule has 0 saturated carbocycles. The fourth-order valence-corrected chi connectivity index (χ4v) is 3.55. The first kappa shape index (κ1) is 15.0. The van der Waals surface area contributed by atoms with E-state index in [2.05, 4.69) is 0 Å². The van der Waals surface area contributed by atoms with Crippen molar-refractivity contribution in [2.45, 2.75) is 23.1 Å². The van der Waals surface area contributed by atoms with Crippen LogP contribution in [0.25, 0.3) is 0 Å². The van der Waals surface area contributed by atoms with E-state index in [1.165, 1.54) is 11.8 Å². The molecule has 1 unspecified atom stereocenters. The molecule has 0 aliphatic carbocycles. The third-order valence-corrected chi connectivity index (χ3v) is 4.65. The van der Waals surface area contributed by atoms with Crippen molar-refractivity contribution in [3.63, 3.8) is 0 Å². The van der Waals surface area contributed by atoms with Gasteiger partial charge in [-0.25, -0.2) is 8.42 Å². The lowest BCUT2D eigenvalue weighted by Crippen LogP contribution is -2.12. The highest BCUT2D eigenvalue weighted by molar-refractivity contribution is 7.99. The van der Waals surface area contributed by atoms with Crippen LogP contribution in [0.4, 0.5) is 0 Å². The Morgan fingerprint density at radius 3 is 2.50 bits per heavy atom. The molecule has 0 aliphatic heterocycles. The second-order valence-corrected chi connectivity index (χ2v) is 7.03. The Balaban J connectivity index is 3.15. The first-order valence-corrected chi connectivity index (χ1v) is 8.47. The Hall–Kier alpha value is -1.01. The van der Waals surface area contributed by atoms with E-state index in [0.29, 0.717) is 11.3 Å². The Morgan fingerprint density at radius 1 is 1.44 bits per heavy atom. The van der Waals surface area contributed by atoms with Gasteiger partial charge in [-0.3, -0.25) is 4.79 Å². The van der Waals surface area contributed by atoms with Gasteiger partial charge in [-0.1, -0.05) is 13.0 Å². The smallest absolute Gasteiger partial charge is 0.306 e. The third-order valence-electron chi connectivity index (χ3n) is 2.59. The maximum atomic E-state index is 11.7. The van der Waals surface area contributed by atoms with Gasteiger partial charge in [-0.05, 0) is 30.4 Å². The predicted octanol–water partition coefficient (Wildman–Crippen LogP) is 2.08. The molecule has 0 spiro atoms. The van der Waals surface area contributed by atoms with Crippen LogP contribution in [-0.4, -0.2) is 32.0 Å².